The van der Waals surface area contributed by atoms with Gasteiger partial charge in [-0.2, -0.15) is 0 Å². The molecule has 0 aromatic rings. The third-order valence-corrected chi connectivity index (χ3v) is 7.13. The van der Waals surface area contributed by atoms with E-state index in [2.05, 4.69) is 39.5 Å². The first kappa shape index (κ1) is 17.3. The third-order valence-electron chi connectivity index (χ3n) is 7.13. The molecule has 2 nitrogen and oxygen atoms in total. The average molecular weight is 295 g/mol. The Labute approximate surface area is 132 Å². The average Bonchev–Trinajstić information content (AvgIpc) is 2.92. The molecule has 0 unspecified atom stereocenters. The van der Waals surface area contributed by atoms with Crippen molar-refractivity contribution in [3.63, 3.8) is 0 Å². The van der Waals surface area contributed by atoms with Crippen molar-refractivity contribution in [2.24, 2.45) is 22.5 Å². The highest BCUT2D eigenvalue weighted by molar-refractivity contribution is 5.02. The van der Waals surface area contributed by atoms with Gasteiger partial charge in [-0.05, 0) is 68.2 Å². The van der Waals surface area contributed by atoms with Gasteiger partial charge in [0.15, 0.2) is 0 Å². The van der Waals surface area contributed by atoms with E-state index < -0.39 is 0 Å². The number of likely N-dealkylation sites (tertiary alicyclic amines) is 1. The van der Waals surface area contributed by atoms with Crippen molar-refractivity contribution in [1.82, 2.24) is 4.90 Å². The second kappa shape index (κ2) is 6.20. The van der Waals surface area contributed by atoms with Crippen LogP contribution in [0.1, 0.15) is 79.6 Å². The van der Waals surface area contributed by atoms with Crippen LogP contribution in [-0.2, 0) is 0 Å². The van der Waals surface area contributed by atoms with Crippen molar-refractivity contribution in [2.45, 2.75) is 85.1 Å². The minimum absolute atomic E-state index is 0.313. The van der Waals surface area contributed by atoms with Gasteiger partial charge in [0.25, 0.3) is 0 Å². The fourth-order valence-electron chi connectivity index (χ4n) is 4.84. The van der Waals surface area contributed by atoms with Crippen LogP contribution in [0.5, 0.6) is 0 Å². The zero-order chi connectivity index (χ0) is 15.7. The summed E-state index contributed by atoms with van der Waals surface area (Å²) in [5, 5.41) is 0. The summed E-state index contributed by atoms with van der Waals surface area (Å²) < 4.78 is 0. The largest absolute Gasteiger partial charge is 0.329 e. The first-order chi connectivity index (χ1) is 9.81. The molecular formula is C19H38N2. The smallest absolute Gasteiger partial charge is 0.0332 e. The summed E-state index contributed by atoms with van der Waals surface area (Å²) in [6.07, 6.45) is 9.38. The van der Waals surface area contributed by atoms with Gasteiger partial charge in [0.2, 0.25) is 0 Å². The van der Waals surface area contributed by atoms with Crippen LogP contribution in [0, 0.1) is 16.7 Å². The summed E-state index contributed by atoms with van der Waals surface area (Å²) in [6.45, 7) is 15.4. The third kappa shape index (κ3) is 3.32. The van der Waals surface area contributed by atoms with E-state index in [9.17, 15) is 0 Å². The quantitative estimate of drug-likeness (QED) is 0.831. The van der Waals surface area contributed by atoms with Gasteiger partial charge >= 0.3 is 0 Å². The van der Waals surface area contributed by atoms with Crippen molar-refractivity contribution in [3.8, 4) is 0 Å². The van der Waals surface area contributed by atoms with E-state index in [0.717, 1.165) is 12.5 Å². The van der Waals surface area contributed by atoms with Gasteiger partial charge in [0.1, 0.15) is 0 Å². The minimum atomic E-state index is 0.313. The lowest BCUT2D eigenvalue weighted by Crippen LogP contribution is -2.56. The monoisotopic (exact) mass is 294 g/mol. The fourth-order valence-corrected chi connectivity index (χ4v) is 4.84. The van der Waals surface area contributed by atoms with E-state index >= 15 is 0 Å². The van der Waals surface area contributed by atoms with Crippen LogP contribution in [0.3, 0.4) is 0 Å². The van der Waals surface area contributed by atoms with E-state index in [1.807, 2.05) is 0 Å². The van der Waals surface area contributed by atoms with Gasteiger partial charge in [0, 0.05) is 18.6 Å². The van der Waals surface area contributed by atoms with Crippen LogP contribution in [-0.4, -0.2) is 30.1 Å². The highest BCUT2D eigenvalue weighted by Gasteiger charge is 2.47. The van der Waals surface area contributed by atoms with Crippen LogP contribution in [0.2, 0.25) is 0 Å². The summed E-state index contributed by atoms with van der Waals surface area (Å²) in [7, 11) is 0. The van der Waals surface area contributed by atoms with Gasteiger partial charge < -0.3 is 5.73 Å². The molecule has 1 heterocycles. The molecule has 124 valence electrons. The second-order valence-electron chi connectivity index (χ2n) is 8.95. The number of nitrogens with zero attached hydrogens (tertiary/aromatic N) is 1. The summed E-state index contributed by atoms with van der Waals surface area (Å²) in [5.41, 5.74) is 7.65. The van der Waals surface area contributed by atoms with Crippen molar-refractivity contribution in [1.29, 1.82) is 0 Å². The minimum Gasteiger partial charge on any atom is -0.329 e. The second-order valence-corrected chi connectivity index (χ2v) is 8.95. The lowest BCUT2D eigenvalue weighted by Gasteiger charge is -2.49. The maximum atomic E-state index is 6.30. The number of hydrogen-bond donors (Lipinski definition) is 1. The van der Waals surface area contributed by atoms with E-state index in [-0.39, 0.29) is 0 Å². The summed E-state index contributed by atoms with van der Waals surface area (Å²) >= 11 is 0. The first-order valence-electron chi connectivity index (χ1n) is 9.26. The Kier molecular flexibility index (Phi) is 5.10. The van der Waals surface area contributed by atoms with Gasteiger partial charge in [-0.15, -0.1) is 0 Å². The molecule has 1 aliphatic carbocycles. The van der Waals surface area contributed by atoms with Crippen LogP contribution in [0.25, 0.3) is 0 Å². The highest BCUT2D eigenvalue weighted by atomic mass is 15.2. The Morgan fingerprint density at radius 1 is 1.05 bits per heavy atom. The molecule has 2 rings (SSSR count). The predicted octanol–water partition coefficient (Wildman–Crippen LogP) is 4.43. The van der Waals surface area contributed by atoms with Crippen LogP contribution >= 0.6 is 0 Å². The molecule has 1 saturated heterocycles. The molecule has 0 atom stereocenters. The van der Waals surface area contributed by atoms with Crippen LogP contribution < -0.4 is 5.73 Å². The number of hydrogen-bond acceptors (Lipinski definition) is 2. The topological polar surface area (TPSA) is 29.3 Å². The fraction of sp³-hybridized carbons (Fsp3) is 1.00. The lowest BCUT2D eigenvalue weighted by molar-refractivity contribution is 0.0281. The maximum Gasteiger partial charge on any atom is 0.0332 e. The standard InChI is InChI=1S/C19H38N2/c1-6-18(7-2)12-13-21(15-18)19(14-20)10-8-16(9-11-19)17(3,4)5/h16H,6-15,20H2,1-5H3. The Morgan fingerprint density at radius 3 is 2.00 bits per heavy atom. The molecule has 0 radical (unpaired) electrons. The molecule has 0 bridgehead atoms. The molecule has 1 aliphatic heterocycles. The molecule has 2 heteroatoms. The number of nitrogens with two attached hydrogens (primary N) is 1. The van der Waals surface area contributed by atoms with Crippen LogP contribution in [0.15, 0.2) is 0 Å². The van der Waals surface area contributed by atoms with Gasteiger partial charge in [-0.3, -0.25) is 4.90 Å². The predicted molar refractivity (Wildman–Crippen MR) is 92.4 cm³/mol. The zero-order valence-corrected chi connectivity index (χ0v) is 15.2. The molecule has 0 spiro atoms. The number of rotatable bonds is 4. The molecule has 2 fully saturated rings. The molecule has 0 aromatic carbocycles. The molecular weight excluding hydrogens is 256 g/mol. The first-order valence-corrected chi connectivity index (χ1v) is 9.26. The Hall–Kier alpha value is -0.0800. The van der Waals surface area contributed by atoms with Crippen molar-refractivity contribution >= 4 is 0 Å². The molecule has 2 N–H and O–H groups in total. The van der Waals surface area contributed by atoms with Crippen molar-refractivity contribution in [3.05, 3.63) is 0 Å². The van der Waals surface area contributed by atoms with Gasteiger partial charge in [0.05, 0.1) is 0 Å². The normalized spacial score (nSPS) is 34.3. The Morgan fingerprint density at radius 2 is 1.62 bits per heavy atom. The van der Waals surface area contributed by atoms with E-state index in [1.165, 1.54) is 58.0 Å². The SMILES string of the molecule is CCC1(CC)CCN(C2(CN)CCC(C(C)(C)C)CC2)C1. The highest BCUT2D eigenvalue weighted by Crippen LogP contribution is 2.47. The summed E-state index contributed by atoms with van der Waals surface area (Å²) in [5.74, 6) is 0.877. The summed E-state index contributed by atoms with van der Waals surface area (Å²) in [6, 6.07) is 0. The van der Waals surface area contributed by atoms with Crippen molar-refractivity contribution in [2.75, 3.05) is 19.6 Å². The van der Waals surface area contributed by atoms with E-state index in [1.54, 1.807) is 0 Å². The molecule has 0 amide bonds. The van der Waals surface area contributed by atoms with Gasteiger partial charge in [-0.1, -0.05) is 34.6 Å². The molecule has 1 saturated carbocycles. The molecule has 21 heavy (non-hydrogen) atoms. The van der Waals surface area contributed by atoms with Crippen molar-refractivity contribution < 1.29 is 0 Å². The Balaban J connectivity index is 2.04. The summed E-state index contributed by atoms with van der Waals surface area (Å²) in [4.78, 5) is 2.79. The Bertz CT molecular complexity index is 330. The maximum absolute atomic E-state index is 6.30. The molecule has 2 aliphatic rings. The van der Waals surface area contributed by atoms with E-state index in [0.29, 0.717) is 16.4 Å². The van der Waals surface area contributed by atoms with E-state index in [4.69, 9.17) is 5.73 Å². The van der Waals surface area contributed by atoms with Gasteiger partial charge in [-0.25, -0.2) is 0 Å². The molecule has 0 aromatic heterocycles. The van der Waals surface area contributed by atoms with Crippen LogP contribution in [0.4, 0.5) is 0 Å². The zero-order valence-electron chi connectivity index (χ0n) is 15.2. The lowest BCUT2D eigenvalue weighted by atomic mass is 9.67.